The minimum atomic E-state index is -0.551. The molecule has 0 radical (unpaired) electrons. The number of rotatable bonds is 4. The fraction of sp³-hybridized carbons (Fsp3) is 0.250. The molecule has 3 aromatic heterocycles. The second-order valence-corrected chi connectivity index (χ2v) is 6.62. The topological polar surface area (TPSA) is 101 Å². The van der Waals surface area contributed by atoms with Gasteiger partial charge in [0, 0.05) is 22.6 Å². The van der Waals surface area contributed by atoms with Crippen molar-refractivity contribution in [1.29, 1.82) is 0 Å². The standard InChI is InChI=1S/C16H14N4O3S/c1-23-15-10(8-5-9(8)13-3-2-4-24-13)6-12(19-20-15)11-7-17-16(22)18-14(11)21/h2-4,6-9H,5H2,1H3,(H2,17,18,21,22)/t8-,9-/m0/s1. The number of aromatic amines is 2. The Morgan fingerprint density at radius 2 is 2.17 bits per heavy atom. The van der Waals surface area contributed by atoms with Gasteiger partial charge in [0.05, 0.1) is 12.7 Å². The molecule has 0 aliphatic heterocycles. The first-order valence-electron chi connectivity index (χ1n) is 7.44. The summed E-state index contributed by atoms with van der Waals surface area (Å²) in [5.74, 6) is 1.23. The smallest absolute Gasteiger partial charge is 0.325 e. The number of methoxy groups -OCH3 is 1. The van der Waals surface area contributed by atoms with Crippen molar-refractivity contribution in [3.8, 4) is 17.1 Å². The van der Waals surface area contributed by atoms with E-state index in [-0.39, 0.29) is 5.56 Å². The Hall–Kier alpha value is -2.74. The Morgan fingerprint density at radius 1 is 1.29 bits per heavy atom. The first kappa shape index (κ1) is 14.8. The molecule has 8 heteroatoms. The number of H-pyrrole nitrogens is 2. The van der Waals surface area contributed by atoms with Crippen LogP contribution in [0.25, 0.3) is 11.3 Å². The van der Waals surface area contributed by atoms with Crippen molar-refractivity contribution >= 4 is 11.3 Å². The van der Waals surface area contributed by atoms with E-state index in [1.807, 2.05) is 12.1 Å². The van der Waals surface area contributed by atoms with E-state index in [0.29, 0.717) is 23.4 Å². The molecule has 2 N–H and O–H groups in total. The molecular weight excluding hydrogens is 328 g/mol. The Labute approximate surface area is 140 Å². The molecule has 4 rings (SSSR count). The van der Waals surface area contributed by atoms with Crippen molar-refractivity contribution in [1.82, 2.24) is 20.2 Å². The first-order valence-corrected chi connectivity index (χ1v) is 8.32. The number of nitrogens with one attached hydrogen (secondary N) is 2. The second kappa shape index (κ2) is 5.72. The molecule has 0 unspecified atom stereocenters. The lowest BCUT2D eigenvalue weighted by atomic mass is 10.1. The molecule has 1 saturated carbocycles. The molecule has 1 aliphatic carbocycles. The van der Waals surface area contributed by atoms with Gasteiger partial charge in [-0.2, -0.15) is 0 Å². The maximum absolute atomic E-state index is 12.0. The summed E-state index contributed by atoms with van der Waals surface area (Å²) in [7, 11) is 1.56. The van der Waals surface area contributed by atoms with Gasteiger partial charge in [-0.25, -0.2) is 4.79 Å². The summed E-state index contributed by atoms with van der Waals surface area (Å²) in [6.07, 6.45) is 2.37. The predicted molar refractivity (Wildman–Crippen MR) is 89.7 cm³/mol. The highest BCUT2D eigenvalue weighted by molar-refractivity contribution is 7.10. The van der Waals surface area contributed by atoms with Crippen LogP contribution < -0.4 is 16.0 Å². The summed E-state index contributed by atoms with van der Waals surface area (Å²) in [5, 5.41) is 10.2. The second-order valence-electron chi connectivity index (χ2n) is 5.64. The highest BCUT2D eigenvalue weighted by Gasteiger charge is 2.42. The summed E-state index contributed by atoms with van der Waals surface area (Å²) in [6, 6.07) is 6.00. The zero-order valence-corrected chi connectivity index (χ0v) is 13.6. The Bertz CT molecular complexity index is 993. The number of aromatic nitrogens is 4. The molecule has 0 bridgehead atoms. The van der Waals surface area contributed by atoms with Crippen molar-refractivity contribution in [3.05, 3.63) is 61.1 Å². The molecule has 1 aliphatic rings. The van der Waals surface area contributed by atoms with Crippen LogP contribution in [-0.4, -0.2) is 27.3 Å². The van der Waals surface area contributed by atoms with E-state index < -0.39 is 11.2 Å². The van der Waals surface area contributed by atoms with Crippen LogP contribution in [0.1, 0.15) is 28.7 Å². The van der Waals surface area contributed by atoms with E-state index in [4.69, 9.17) is 4.74 Å². The summed E-state index contributed by atoms with van der Waals surface area (Å²) >= 11 is 1.74. The Balaban J connectivity index is 1.74. The van der Waals surface area contributed by atoms with E-state index in [2.05, 4.69) is 31.6 Å². The number of ether oxygens (including phenoxy) is 1. The van der Waals surface area contributed by atoms with Crippen LogP contribution in [0.2, 0.25) is 0 Å². The normalized spacial score (nSPS) is 19.2. The van der Waals surface area contributed by atoms with Gasteiger partial charge < -0.3 is 9.72 Å². The quantitative estimate of drug-likeness (QED) is 0.754. The monoisotopic (exact) mass is 342 g/mol. The fourth-order valence-corrected chi connectivity index (χ4v) is 3.81. The molecule has 1 fully saturated rings. The van der Waals surface area contributed by atoms with Gasteiger partial charge in [0.1, 0.15) is 5.69 Å². The van der Waals surface area contributed by atoms with Gasteiger partial charge in [0.15, 0.2) is 0 Å². The van der Waals surface area contributed by atoms with Crippen molar-refractivity contribution in [2.24, 2.45) is 0 Å². The van der Waals surface area contributed by atoms with Crippen LogP contribution >= 0.6 is 11.3 Å². The third-order valence-corrected chi connectivity index (χ3v) is 5.18. The molecule has 3 heterocycles. The zero-order chi connectivity index (χ0) is 16.7. The van der Waals surface area contributed by atoms with Crippen LogP contribution in [0.5, 0.6) is 5.88 Å². The largest absolute Gasteiger partial charge is 0.480 e. The average molecular weight is 342 g/mol. The molecule has 0 aromatic carbocycles. The molecular formula is C16H14N4O3S. The van der Waals surface area contributed by atoms with Crippen LogP contribution in [0, 0.1) is 0 Å². The summed E-state index contributed by atoms with van der Waals surface area (Å²) < 4.78 is 5.34. The van der Waals surface area contributed by atoms with Gasteiger partial charge in [-0.15, -0.1) is 21.5 Å². The summed E-state index contributed by atoms with van der Waals surface area (Å²) in [5.41, 5.74) is 0.589. The zero-order valence-electron chi connectivity index (χ0n) is 12.8. The molecule has 0 amide bonds. The lowest BCUT2D eigenvalue weighted by molar-refractivity contribution is 0.386. The number of nitrogens with zero attached hydrogens (tertiary/aromatic N) is 2. The number of thiophene rings is 1. The van der Waals surface area contributed by atoms with Gasteiger partial charge in [-0.3, -0.25) is 9.78 Å². The molecule has 0 spiro atoms. The van der Waals surface area contributed by atoms with E-state index in [1.54, 1.807) is 18.4 Å². The van der Waals surface area contributed by atoms with Gasteiger partial charge in [-0.05, 0) is 29.9 Å². The average Bonchev–Trinajstić information content (AvgIpc) is 3.19. The number of hydrogen-bond acceptors (Lipinski definition) is 6. The number of hydrogen-bond donors (Lipinski definition) is 2. The van der Waals surface area contributed by atoms with Gasteiger partial charge in [-0.1, -0.05) is 6.07 Å². The lowest BCUT2D eigenvalue weighted by Gasteiger charge is -2.08. The Kier molecular flexibility index (Phi) is 3.53. The molecule has 2 atom stereocenters. The minimum absolute atomic E-state index is 0.277. The highest BCUT2D eigenvalue weighted by Crippen LogP contribution is 2.57. The van der Waals surface area contributed by atoms with E-state index in [1.165, 1.54) is 11.1 Å². The predicted octanol–water partition coefficient (Wildman–Crippen LogP) is 1.86. The van der Waals surface area contributed by atoms with Gasteiger partial charge in [0.2, 0.25) is 5.88 Å². The van der Waals surface area contributed by atoms with Gasteiger partial charge >= 0.3 is 5.69 Å². The van der Waals surface area contributed by atoms with E-state index in [9.17, 15) is 9.59 Å². The maximum atomic E-state index is 12.0. The highest BCUT2D eigenvalue weighted by atomic mass is 32.1. The minimum Gasteiger partial charge on any atom is -0.480 e. The first-order chi connectivity index (χ1) is 11.7. The molecule has 7 nitrogen and oxygen atoms in total. The van der Waals surface area contributed by atoms with E-state index >= 15 is 0 Å². The van der Waals surface area contributed by atoms with Crippen molar-refractivity contribution in [3.63, 3.8) is 0 Å². The van der Waals surface area contributed by atoms with Gasteiger partial charge in [0.25, 0.3) is 5.56 Å². The third kappa shape index (κ3) is 2.54. The van der Waals surface area contributed by atoms with Crippen molar-refractivity contribution in [2.45, 2.75) is 18.3 Å². The lowest BCUT2D eigenvalue weighted by Crippen LogP contribution is -2.23. The summed E-state index contributed by atoms with van der Waals surface area (Å²) in [6.45, 7) is 0. The Morgan fingerprint density at radius 3 is 2.88 bits per heavy atom. The van der Waals surface area contributed by atoms with Crippen LogP contribution in [-0.2, 0) is 0 Å². The third-order valence-electron chi connectivity index (χ3n) is 4.17. The van der Waals surface area contributed by atoms with Crippen LogP contribution in [0.3, 0.4) is 0 Å². The molecule has 3 aromatic rings. The molecule has 122 valence electrons. The van der Waals surface area contributed by atoms with E-state index in [0.717, 1.165) is 12.0 Å². The van der Waals surface area contributed by atoms with Crippen molar-refractivity contribution < 1.29 is 4.74 Å². The van der Waals surface area contributed by atoms with Crippen molar-refractivity contribution in [2.75, 3.05) is 7.11 Å². The fourth-order valence-electron chi connectivity index (χ4n) is 2.91. The molecule has 0 saturated heterocycles. The molecule has 24 heavy (non-hydrogen) atoms. The summed E-state index contributed by atoms with van der Waals surface area (Å²) in [4.78, 5) is 29.1. The van der Waals surface area contributed by atoms with Crippen LogP contribution in [0.15, 0.2) is 39.4 Å². The maximum Gasteiger partial charge on any atom is 0.325 e. The SMILES string of the molecule is COc1nnc(-c2c[nH]c(=O)[nH]c2=O)cc1[C@H]1C[C@@H]1c1cccs1. The van der Waals surface area contributed by atoms with Crippen LogP contribution in [0.4, 0.5) is 0 Å².